The van der Waals surface area contributed by atoms with Crippen LogP contribution >= 0.6 is 0 Å². The van der Waals surface area contributed by atoms with Gasteiger partial charge in [-0.15, -0.1) is 0 Å². The first kappa shape index (κ1) is 12.3. The molecule has 1 atom stereocenters. The Labute approximate surface area is 105 Å². The Hall–Kier alpha value is -2.16. The summed E-state index contributed by atoms with van der Waals surface area (Å²) in [4.78, 5) is 21.3. The quantitative estimate of drug-likeness (QED) is 0.842. The maximum atomic E-state index is 11.4. The van der Waals surface area contributed by atoms with Gasteiger partial charge in [0, 0.05) is 6.54 Å². The predicted molar refractivity (Wildman–Crippen MR) is 64.0 cm³/mol. The van der Waals surface area contributed by atoms with Crippen LogP contribution in [0.1, 0.15) is 31.9 Å². The first-order valence-corrected chi connectivity index (χ1v) is 5.81. The van der Waals surface area contributed by atoms with Crippen LogP contribution in [-0.2, 0) is 4.79 Å². The van der Waals surface area contributed by atoms with E-state index < -0.39 is 11.5 Å². The van der Waals surface area contributed by atoms with Crippen LogP contribution in [0.4, 0.5) is 5.82 Å². The summed E-state index contributed by atoms with van der Waals surface area (Å²) in [6, 6.07) is 1.89. The standard InChI is InChI=1S/C12H14N4O2/c1-12(11(17)18)4-2-3-5-16(12)10-8-14-9(6-13)7-15-10/h7-8H,2-5H2,1H3,(H,17,18). The number of carboxylic acid groups (broad SMARTS) is 1. The molecule has 0 bridgehead atoms. The monoisotopic (exact) mass is 246 g/mol. The summed E-state index contributed by atoms with van der Waals surface area (Å²) in [5.74, 6) is -0.341. The topological polar surface area (TPSA) is 90.1 Å². The van der Waals surface area contributed by atoms with E-state index in [-0.39, 0.29) is 5.69 Å². The van der Waals surface area contributed by atoms with Crippen molar-refractivity contribution in [2.75, 3.05) is 11.4 Å². The van der Waals surface area contributed by atoms with E-state index in [0.717, 1.165) is 12.8 Å². The lowest BCUT2D eigenvalue weighted by molar-refractivity contribution is -0.143. The van der Waals surface area contributed by atoms with Crippen LogP contribution in [0, 0.1) is 11.3 Å². The Kier molecular flexibility index (Phi) is 3.15. The zero-order chi connectivity index (χ0) is 13.2. The fourth-order valence-corrected chi connectivity index (χ4v) is 2.23. The molecule has 6 heteroatoms. The van der Waals surface area contributed by atoms with Gasteiger partial charge in [0.05, 0.1) is 12.4 Å². The van der Waals surface area contributed by atoms with Crippen molar-refractivity contribution in [1.29, 1.82) is 5.26 Å². The predicted octanol–water partition coefficient (Wildman–Crippen LogP) is 1.18. The largest absolute Gasteiger partial charge is 0.480 e. The van der Waals surface area contributed by atoms with Gasteiger partial charge in [-0.05, 0) is 26.2 Å². The van der Waals surface area contributed by atoms with Crippen LogP contribution in [0.25, 0.3) is 0 Å². The number of hydrogen-bond donors (Lipinski definition) is 1. The third kappa shape index (κ3) is 1.99. The molecule has 1 aliphatic rings. The first-order chi connectivity index (χ1) is 8.58. The molecule has 0 radical (unpaired) electrons. The summed E-state index contributed by atoms with van der Waals surface area (Å²) in [5, 5.41) is 18.1. The zero-order valence-electron chi connectivity index (χ0n) is 10.1. The van der Waals surface area contributed by atoms with Gasteiger partial charge in [-0.25, -0.2) is 14.8 Å². The lowest BCUT2D eigenvalue weighted by Crippen LogP contribution is -2.55. The van der Waals surface area contributed by atoms with Crippen molar-refractivity contribution in [2.45, 2.75) is 31.7 Å². The minimum atomic E-state index is -0.943. The molecular weight excluding hydrogens is 232 g/mol. The van der Waals surface area contributed by atoms with E-state index in [9.17, 15) is 9.90 Å². The Morgan fingerprint density at radius 1 is 1.50 bits per heavy atom. The fraction of sp³-hybridized carbons (Fsp3) is 0.500. The minimum absolute atomic E-state index is 0.229. The van der Waals surface area contributed by atoms with E-state index in [1.165, 1.54) is 12.4 Å². The van der Waals surface area contributed by atoms with Crippen LogP contribution in [0.15, 0.2) is 12.4 Å². The second-order valence-electron chi connectivity index (χ2n) is 4.56. The summed E-state index contributed by atoms with van der Waals surface area (Å²) in [5.41, 5.74) is -0.714. The summed E-state index contributed by atoms with van der Waals surface area (Å²) in [6.07, 6.45) is 5.24. The van der Waals surface area contributed by atoms with Crippen LogP contribution < -0.4 is 4.90 Å². The van der Waals surface area contributed by atoms with Gasteiger partial charge in [0.2, 0.25) is 0 Å². The maximum absolute atomic E-state index is 11.4. The molecule has 1 aromatic heterocycles. The molecule has 0 amide bonds. The summed E-state index contributed by atoms with van der Waals surface area (Å²) >= 11 is 0. The van der Waals surface area contributed by atoms with Gasteiger partial charge in [0.15, 0.2) is 5.69 Å². The van der Waals surface area contributed by atoms with Gasteiger partial charge in [0.25, 0.3) is 0 Å². The highest BCUT2D eigenvalue weighted by molar-refractivity contribution is 5.82. The highest BCUT2D eigenvalue weighted by atomic mass is 16.4. The molecule has 0 spiro atoms. The fourth-order valence-electron chi connectivity index (χ4n) is 2.23. The highest BCUT2D eigenvalue weighted by Crippen LogP contribution is 2.31. The number of nitrogens with zero attached hydrogens (tertiary/aromatic N) is 4. The summed E-state index contributed by atoms with van der Waals surface area (Å²) < 4.78 is 0. The number of piperidine rings is 1. The highest BCUT2D eigenvalue weighted by Gasteiger charge is 2.42. The number of hydrogen-bond acceptors (Lipinski definition) is 5. The smallest absolute Gasteiger partial charge is 0.329 e. The van der Waals surface area contributed by atoms with Gasteiger partial charge in [-0.1, -0.05) is 0 Å². The molecule has 1 N–H and O–H groups in total. The SMILES string of the molecule is CC1(C(=O)O)CCCCN1c1cnc(C#N)cn1. The van der Waals surface area contributed by atoms with E-state index in [4.69, 9.17) is 5.26 Å². The normalized spacial score (nSPS) is 23.4. The van der Waals surface area contributed by atoms with Crippen LogP contribution in [0.5, 0.6) is 0 Å². The molecular formula is C12H14N4O2. The van der Waals surface area contributed by atoms with Crippen molar-refractivity contribution in [3.63, 3.8) is 0 Å². The average Bonchev–Trinajstić information content (AvgIpc) is 2.39. The van der Waals surface area contributed by atoms with Crippen molar-refractivity contribution in [2.24, 2.45) is 0 Å². The van der Waals surface area contributed by atoms with Crippen molar-refractivity contribution in [3.8, 4) is 6.07 Å². The van der Waals surface area contributed by atoms with Gasteiger partial charge in [-0.3, -0.25) is 0 Å². The lowest BCUT2D eigenvalue weighted by atomic mass is 9.88. The van der Waals surface area contributed by atoms with Gasteiger partial charge in [-0.2, -0.15) is 5.26 Å². The number of carbonyl (C=O) groups is 1. The summed E-state index contributed by atoms with van der Waals surface area (Å²) in [6.45, 7) is 2.34. The van der Waals surface area contributed by atoms with Crippen molar-refractivity contribution in [3.05, 3.63) is 18.1 Å². The molecule has 0 saturated carbocycles. The molecule has 2 rings (SSSR count). The van der Waals surface area contributed by atoms with E-state index >= 15 is 0 Å². The number of carboxylic acids is 1. The third-order valence-corrected chi connectivity index (χ3v) is 3.38. The average molecular weight is 246 g/mol. The molecule has 2 heterocycles. The molecule has 6 nitrogen and oxygen atoms in total. The van der Waals surface area contributed by atoms with E-state index in [1.807, 2.05) is 6.07 Å². The number of rotatable bonds is 2. The second-order valence-corrected chi connectivity index (χ2v) is 4.56. The number of anilines is 1. The Bertz CT molecular complexity index is 494. The molecule has 1 aliphatic heterocycles. The molecule has 0 aliphatic carbocycles. The first-order valence-electron chi connectivity index (χ1n) is 5.81. The maximum Gasteiger partial charge on any atom is 0.329 e. The Morgan fingerprint density at radius 3 is 2.83 bits per heavy atom. The summed E-state index contributed by atoms with van der Waals surface area (Å²) in [7, 11) is 0. The van der Waals surface area contributed by atoms with E-state index in [1.54, 1.807) is 11.8 Å². The number of aliphatic carboxylic acids is 1. The van der Waals surface area contributed by atoms with Crippen molar-refractivity contribution < 1.29 is 9.90 Å². The van der Waals surface area contributed by atoms with E-state index in [2.05, 4.69) is 9.97 Å². The molecule has 1 unspecified atom stereocenters. The molecule has 1 fully saturated rings. The van der Waals surface area contributed by atoms with Crippen LogP contribution in [0.3, 0.4) is 0 Å². The molecule has 1 aromatic rings. The number of nitriles is 1. The zero-order valence-corrected chi connectivity index (χ0v) is 10.1. The van der Waals surface area contributed by atoms with Crippen molar-refractivity contribution in [1.82, 2.24) is 9.97 Å². The minimum Gasteiger partial charge on any atom is -0.480 e. The van der Waals surface area contributed by atoms with Crippen molar-refractivity contribution >= 4 is 11.8 Å². The van der Waals surface area contributed by atoms with Gasteiger partial charge >= 0.3 is 5.97 Å². The molecule has 1 saturated heterocycles. The number of aromatic nitrogens is 2. The third-order valence-electron chi connectivity index (χ3n) is 3.38. The van der Waals surface area contributed by atoms with Crippen LogP contribution in [0.2, 0.25) is 0 Å². The van der Waals surface area contributed by atoms with E-state index in [0.29, 0.717) is 18.8 Å². The van der Waals surface area contributed by atoms with Crippen LogP contribution in [-0.4, -0.2) is 33.1 Å². The van der Waals surface area contributed by atoms with Gasteiger partial charge < -0.3 is 10.0 Å². The molecule has 18 heavy (non-hydrogen) atoms. The Morgan fingerprint density at radius 2 is 2.28 bits per heavy atom. The van der Waals surface area contributed by atoms with Gasteiger partial charge in [0.1, 0.15) is 17.4 Å². The second kappa shape index (κ2) is 4.61. The molecule has 94 valence electrons. The molecule has 0 aromatic carbocycles. The lowest BCUT2D eigenvalue weighted by Gasteiger charge is -2.42. The Balaban J connectivity index is 2.34.